The van der Waals surface area contributed by atoms with Crippen molar-refractivity contribution in [1.82, 2.24) is 38.4 Å². The molecule has 7 rings (SSSR count). The van der Waals surface area contributed by atoms with E-state index >= 15 is 0 Å². The first-order chi connectivity index (χ1) is 20.5. The smallest absolute Gasteiger partial charge is 0.246 e. The van der Waals surface area contributed by atoms with Crippen molar-refractivity contribution in [3.63, 3.8) is 0 Å². The summed E-state index contributed by atoms with van der Waals surface area (Å²) in [6.45, 7) is 7.51. The van der Waals surface area contributed by atoms with Crippen LogP contribution in [-0.4, -0.2) is 57.4 Å². The molecule has 6 aromatic rings. The Labute approximate surface area is 246 Å². The first-order valence-electron chi connectivity index (χ1n) is 14.2. The van der Waals surface area contributed by atoms with Crippen LogP contribution in [-0.2, 0) is 17.9 Å². The molecule has 0 bridgehead atoms. The van der Waals surface area contributed by atoms with E-state index in [9.17, 15) is 4.79 Å². The molecule has 1 fully saturated rings. The number of nitrogens with zero attached hydrogens (tertiary/aromatic N) is 7. The fourth-order valence-corrected chi connectivity index (χ4v) is 6.40. The molecule has 0 radical (unpaired) electrons. The number of hydrogen-bond donors (Lipinski definition) is 3. The zero-order valence-corrected chi connectivity index (χ0v) is 24.4. The minimum absolute atomic E-state index is 0.0922. The number of hydrogen-bond acceptors (Lipinski definition) is 8. The second-order valence-electron chi connectivity index (χ2n) is 11.1. The molecule has 0 saturated carbocycles. The lowest BCUT2D eigenvalue weighted by Gasteiger charge is -2.30. The summed E-state index contributed by atoms with van der Waals surface area (Å²) in [6.07, 6.45) is 11.8. The van der Waals surface area contributed by atoms with Gasteiger partial charge in [0.05, 0.1) is 35.2 Å². The van der Waals surface area contributed by atoms with Gasteiger partial charge in [-0.25, -0.2) is 9.97 Å². The molecule has 214 valence electrons. The third-order valence-corrected chi connectivity index (χ3v) is 8.39. The SMILES string of the molecule is Cc1cn2c(-c3cnn(CC(=O)Nc4cccc5[nH]ccc45)c3)cnc2c(Nc2cc(CN3CCCC(C)C3)ns2)n1. The maximum absolute atomic E-state index is 12.8. The Morgan fingerprint density at radius 3 is 3.05 bits per heavy atom. The van der Waals surface area contributed by atoms with Gasteiger partial charge in [0.25, 0.3) is 0 Å². The van der Waals surface area contributed by atoms with Gasteiger partial charge in [-0.15, -0.1) is 0 Å². The number of aromatic amines is 1. The maximum atomic E-state index is 12.8. The van der Waals surface area contributed by atoms with Crippen molar-refractivity contribution in [2.45, 2.75) is 39.8 Å². The summed E-state index contributed by atoms with van der Waals surface area (Å²) >= 11 is 1.44. The van der Waals surface area contributed by atoms with Gasteiger partial charge in [-0.1, -0.05) is 13.0 Å². The van der Waals surface area contributed by atoms with Gasteiger partial charge < -0.3 is 15.6 Å². The van der Waals surface area contributed by atoms with E-state index in [0.717, 1.165) is 69.8 Å². The average Bonchev–Trinajstić information content (AvgIpc) is 3.76. The number of anilines is 3. The number of fused-ring (bicyclic) bond motifs is 2. The van der Waals surface area contributed by atoms with E-state index in [4.69, 9.17) is 4.98 Å². The van der Waals surface area contributed by atoms with Crippen molar-refractivity contribution < 1.29 is 4.79 Å². The van der Waals surface area contributed by atoms with Gasteiger partial charge in [-0.2, -0.15) is 9.47 Å². The fraction of sp³-hybridized carbons (Fsp3) is 0.300. The Balaban J connectivity index is 1.07. The van der Waals surface area contributed by atoms with Crippen LogP contribution in [0, 0.1) is 12.8 Å². The number of carbonyl (C=O) groups is 1. The summed E-state index contributed by atoms with van der Waals surface area (Å²) in [5, 5.41) is 12.8. The number of nitrogens with one attached hydrogen (secondary N) is 3. The highest BCUT2D eigenvalue weighted by atomic mass is 32.1. The van der Waals surface area contributed by atoms with E-state index in [1.165, 1.54) is 24.4 Å². The van der Waals surface area contributed by atoms with Gasteiger partial charge in [0.1, 0.15) is 11.5 Å². The van der Waals surface area contributed by atoms with Gasteiger partial charge in [-0.3, -0.25) is 18.8 Å². The first kappa shape index (κ1) is 26.4. The zero-order chi connectivity index (χ0) is 28.6. The summed E-state index contributed by atoms with van der Waals surface area (Å²) in [7, 11) is 0. The Kier molecular flexibility index (Phi) is 6.92. The highest BCUT2D eigenvalue weighted by Gasteiger charge is 2.19. The Morgan fingerprint density at radius 1 is 1.21 bits per heavy atom. The Bertz CT molecular complexity index is 1880. The van der Waals surface area contributed by atoms with E-state index in [-0.39, 0.29) is 12.5 Å². The lowest BCUT2D eigenvalue weighted by Crippen LogP contribution is -2.33. The Morgan fingerprint density at radius 2 is 2.14 bits per heavy atom. The molecule has 1 aliphatic heterocycles. The summed E-state index contributed by atoms with van der Waals surface area (Å²) < 4.78 is 8.33. The first-order valence-corrected chi connectivity index (χ1v) is 14.9. The van der Waals surface area contributed by atoms with Crippen molar-refractivity contribution in [2.24, 2.45) is 5.92 Å². The quantitative estimate of drug-likeness (QED) is 0.219. The van der Waals surface area contributed by atoms with Crippen LogP contribution in [0.2, 0.25) is 0 Å². The molecule has 0 aliphatic carbocycles. The molecule has 0 spiro atoms. The third-order valence-electron chi connectivity index (χ3n) is 7.64. The number of amides is 1. The molecule has 1 atom stereocenters. The largest absolute Gasteiger partial charge is 0.361 e. The van der Waals surface area contributed by atoms with Gasteiger partial charge >= 0.3 is 0 Å². The highest BCUT2D eigenvalue weighted by molar-refractivity contribution is 7.10. The average molecular weight is 581 g/mol. The molecule has 1 aliphatic rings. The number of rotatable bonds is 8. The van der Waals surface area contributed by atoms with Crippen molar-refractivity contribution in [3.8, 4) is 11.3 Å². The number of aromatic nitrogens is 7. The lowest BCUT2D eigenvalue weighted by molar-refractivity contribution is -0.116. The van der Waals surface area contributed by atoms with E-state index in [1.807, 2.05) is 60.4 Å². The number of aryl methyl sites for hydroxylation is 1. The van der Waals surface area contributed by atoms with Crippen molar-refractivity contribution >= 4 is 50.5 Å². The molecule has 12 heteroatoms. The molecule has 1 saturated heterocycles. The van der Waals surface area contributed by atoms with Crippen molar-refractivity contribution in [2.75, 3.05) is 23.7 Å². The summed E-state index contributed by atoms with van der Waals surface area (Å²) in [4.78, 5) is 27.9. The third kappa shape index (κ3) is 5.38. The minimum Gasteiger partial charge on any atom is -0.361 e. The normalized spacial score (nSPS) is 15.9. The monoisotopic (exact) mass is 580 g/mol. The standard InChI is InChI=1S/C30H32N10OS/c1-19-5-4-10-38(14-19)17-22-11-28(42-37-22)36-29-30-32-13-26(40(30)15-20(2)34-29)21-12-33-39(16-21)18-27(41)35-25-7-3-6-24-23(25)8-9-31-24/h3,6-9,11-13,15-16,19,31H,4-5,10,14,17-18H2,1-2H3,(H,34,36)(H,35,41). The van der Waals surface area contributed by atoms with E-state index in [1.54, 1.807) is 10.9 Å². The van der Waals surface area contributed by atoms with Crippen LogP contribution in [0.25, 0.3) is 27.8 Å². The van der Waals surface area contributed by atoms with Crippen LogP contribution >= 0.6 is 11.5 Å². The molecule has 1 unspecified atom stereocenters. The van der Waals surface area contributed by atoms with E-state index in [2.05, 4.69) is 48.0 Å². The van der Waals surface area contributed by atoms with Crippen LogP contribution in [0.3, 0.4) is 0 Å². The second kappa shape index (κ2) is 11.0. The number of imidazole rings is 1. The fourth-order valence-electron chi connectivity index (χ4n) is 5.74. The molecule has 6 heterocycles. The summed E-state index contributed by atoms with van der Waals surface area (Å²) in [5.41, 5.74) is 6.10. The maximum Gasteiger partial charge on any atom is 0.246 e. The molecule has 42 heavy (non-hydrogen) atoms. The zero-order valence-electron chi connectivity index (χ0n) is 23.5. The van der Waals surface area contributed by atoms with Crippen LogP contribution in [0.1, 0.15) is 31.2 Å². The predicted molar refractivity (Wildman–Crippen MR) is 165 cm³/mol. The van der Waals surface area contributed by atoms with Gasteiger partial charge in [0.2, 0.25) is 5.91 Å². The summed E-state index contributed by atoms with van der Waals surface area (Å²) in [6, 6.07) is 9.84. The molecule has 3 N–H and O–H groups in total. The van der Waals surface area contributed by atoms with Crippen molar-refractivity contribution in [3.05, 3.63) is 72.7 Å². The number of carbonyl (C=O) groups excluding carboxylic acids is 1. The molecule has 5 aromatic heterocycles. The molecule has 1 aromatic carbocycles. The second-order valence-corrected chi connectivity index (χ2v) is 11.9. The number of H-pyrrole nitrogens is 1. The molecule has 11 nitrogen and oxygen atoms in total. The number of benzene rings is 1. The lowest BCUT2D eigenvalue weighted by atomic mass is 10.0. The summed E-state index contributed by atoms with van der Waals surface area (Å²) in [5.74, 6) is 1.26. The number of likely N-dealkylation sites (tertiary alicyclic amines) is 1. The minimum atomic E-state index is -0.151. The van der Waals surface area contributed by atoms with Crippen LogP contribution in [0.4, 0.5) is 16.5 Å². The molecular formula is C30H32N10OS. The van der Waals surface area contributed by atoms with E-state index in [0.29, 0.717) is 11.5 Å². The van der Waals surface area contributed by atoms with Gasteiger partial charge in [0, 0.05) is 48.1 Å². The van der Waals surface area contributed by atoms with Crippen LogP contribution in [0.15, 0.2) is 61.3 Å². The highest BCUT2D eigenvalue weighted by Crippen LogP contribution is 2.29. The van der Waals surface area contributed by atoms with Gasteiger partial charge in [-0.05, 0) is 68.0 Å². The van der Waals surface area contributed by atoms with Crippen LogP contribution in [0.5, 0.6) is 0 Å². The van der Waals surface area contributed by atoms with Gasteiger partial charge in [0.15, 0.2) is 11.5 Å². The van der Waals surface area contributed by atoms with E-state index < -0.39 is 0 Å². The molecule has 1 amide bonds. The topological polar surface area (TPSA) is 121 Å². The molecular weight excluding hydrogens is 548 g/mol. The van der Waals surface area contributed by atoms with Crippen molar-refractivity contribution in [1.29, 1.82) is 0 Å². The van der Waals surface area contributed by atoms with Crippen LogP contribution < -0.4 is 10.6 Å². The number of piperidine rings is 1. The Hall–Kier alpha value is -4.55. The predicted octanol–water partition coefficient (Wildman–Crippen LogP) is 5.45.